The van der Waals surface area contributed by atoms with E-state index < -0.39 is 0 Å². The summed E-state index contributed by atoms with van der Waals surface area (Å²) in [5, 5.41) is 17.9. The molecule has 3 aromatic rings. The van der Waals surface area contributed by atoms with E-state index in [0.29, 0.717) is 47.7 Å². The van der Waals surface area contributed by atoms with E-state index in [2.05, 4.69) is 38.7 Å². The molecule has 0 aliphatic carbocycles. The normalized spacial score (nSPS) is 12.7. The zero-order valence-corrected chi connectivity index (χ0v) is 21.4. The number of aliphatic hydroxyl groups is 1. The van der Waals surface area contributed by atoms with Crippen LogP contribution < -0.4 is 18.9 Å². The molecule has 2 aromatic heterocycles. The molecule has 2 heterocycles. The molecule has 190 valence electrons. The first kappa shape index (κ1) is 26.5. The first-order valence-corrected chi connectivity index (χ1v) is 12.0. The molecule has 0 aliphatic heterocycles. The average Bonchev–Trinajstić information content (AvgIpc) is 3.30. The molecule has 0 saturated heterocycles. The lowest BCUT2D eigenvalue weighted by Gasteiger charge is -2.20. The molecule has 35 heavy (non-hydrogen) atoms. The van der Waals surface area contributed by atoms with Crippen molar-refractivity contribution in [3.8, 4) is 22.9 Å². The number of benzene rings is 1. The second-order valence-electron chi connectivity index (χ2n) is 7.57. The van der Waals surface area contributed by atoms with Crippen molar-refractivity contribution in [1.29, 1.82) is 0 Å². The molecule has 2 atom stereocenters. The van der Waals surface area contributed by atoms with Crippen molar-refractivity contribution in [3.63, 3.8) is 0 Å². The fourth-order valence-corrected chi connectivity index (χ4v) is 4.04. The van der Waals surface area contributed by atoms with Crippen LogP contribution in [-0.2, 0) is 11.2 Å². The average molecular weight is 505 g/mol. The lowest BCUT2D eigenvalue weighted by Crippen LogP contribution is -2.15. The molecular formula is C23H32N6O5S. The second kappa shape index (κ2) is 13.1. The SMILES string of the molecule is COc1cnc(C(C)C(C)SNc2nnc(CCOCCO)n2-c2c(OC)cccc2OC)nc1. The number of ether oxygens (including phenoxy) is 4. The summed E-state index contributed by atoms with van der Waals surface area (Å²) < 4.78 is 27.1. The maximum absolute atomic E-state index is 8.99. The smallest absolute Gasteiger partial charge is 0.239 e. The molecule has 2 N–H and O–H groups in total. The van der Waals surface area contributed by atoms with Crippen molar-refractivity contribution in [2.24, 2.45) is 0 Å². The van der Waals surface area contributed by atoms with Crippen molar-refractivity contribution >= 4 is 17.9 Å². The summed E-state index contributed by atoms with van der Waals surface area (Å²) in [6.45, 7) is 4.76. The second-order valence-corrected chi connectivity index (χ2v) is 8.75. The first-order valence-electron chi connectivity index (χ1n) is 11.2. The molecule has 0 amide bonds. The Balaban J connectivity index is 1.86. The van der Waals surface area contributed by atoms with Crippen LogP contribution in [-0.4, -0.2) is 76.2 Å². The summed E-state index contributed by atoms with van der Waals surface area (Å²) >= 11 is 1.49. The lowest BCUT2D eigenvalue weighted by atomic mass is 10.1. The molecule has 0 saturated carbocycles. The topological polar surface area (TPSA) is 126 Å². The first-order chi connectivity index (χ1) is 17.0. The predicted octanol–water partition coefficient (Wildman–Crippen LogP) is 2.89. The number of rotatable bonds is 14. The van der Waals surface area contributed by atoms with Gasteiger partial charge in [0.05, 0.1) is 53.5 Å². The fourth-order valence-electron chi connectivity index (χ4n) is 3.29. The van der Waals surface area contributed by atoms with Gasteiger partial charge in [-0.2, -0.15) is 0 Å². The maximum atomic E-state index is 8.99. The van der Waals surface area contributed by atoms with E-state index in [1.807, 2.05) is 22.8 Å². The highest BCUT2D eigenvalue weighted by Crippen LogP contribution is 2.36. The van der Waals surface area contributed by atoms with Gasteiger partial charge in [0.25, 0.3) is 0 Å². The van der Waals surface area contributed by atoms with E-state index in [-0.39, 0.29) is 24.4 Å². The van der Waals surface area contributed by atoms with Crippen LogP contribution in [0.5, 0.6) is 17.2 Å². The van der Waals surface area contributed by atoms with Crippen LogP contribution in [0.2, 0.25) is 0 Å². The van der Waals surface area contributed by atoms with E-state index >= 15 is 0 Å². The Bertz CT molecular complexity index is 1040. The third-order valence-corrected chi connectivity index (χ3v) is 6.47. The Kier molecular flexibility index (Phi) is 9.94. The number of anilines is 1. The molecule has 0 radical (unpaired) electrons. The van der Waals surface area contributed by atoms with Gasteiger partial charge in [-0.05, 0) is 24.1 Å². The van der Waals surface area contributed by atoms with Gasteiger partial charge < -0.3 is 24.1 Å². The largest absolute Gasteiger partial charge is 0.494 e. The standard InChI is InChI=1S/C23H32N6O5S/c1-15(22-24-13-17(31-3)14-25-22)16(2)35-28-23-27-26-20(9-11-34-12-10-30)29(23)21-18(32-4)7-6-8-19(21)33-5/h6-8,13-16,30H,9-12H2,1-5H3,(H,27,28). The quantitative estimate of drug-likeness (QED) is 0.249. The Labute approximate surface area is 209 Å². The van der Waals surface area contributed by atoms with Crippen molar-refractivity contribution in [3.05, 3.63) is 42.2 Å². The van der Waals surface area contributed by atoms with E-state index in [1.165, 1.54) is 11.9 Å². The van der Waals surface area contributed by atoms with Crippen molar-refractivity contribution in [2.75, 3.05) is 45.9 Å². The summed E-state index contributed by atoms with van der Waals surface area (Å²) in [6, 6.07) is 5.56. The lowest BCUT2D eigenvalue weighted by molar-refractivity contribution is 0.0934. The molecule has 0 fully saturated rings. The van der Waals surface area contributed by atoms with E-state index in [4.69, 9.17) is 24.1 Å². The van der Waals surface area contributed by atoms with Gasteiger partial charge in [-0.15, -0.1) is 10.2 Å². The Morgan fingerprint density at radius 3 is 2.29 bits per heavy atom. The van der Waals surface area contributed by atoms with Gasteiger partial charge >= 0.3 is 0 Å². The van der Waals surface area contributed by atoms with Crippen LogP contribution in [0.4, 0.5) is 5.95 Å². The molecule has 2 unspecified atom stereocenters. The number of hydrogen-bond acceptors (Lipinski definition) is 11. The van der Waals surface area contributed by atoms with E-state index in [0.717, 1.165) is 5.82 Å². The van der Waals surface area contributed by atoms with Crippen LogP contribution in [0, 0.1) is 0 Å². The van der Waals surface area contributed by atoms with Crippen molar-refractivity contribution in [1.82, 2.24) is 24.7 Å². The van der Waals surface area contributed by atoms with Gasteiger partial charge in [-0.25, -0.2) is 9.97 Å². The van der Waals surface area contributed by atoms with Gasteiger partial charge in [0.2, 0.25) is 5.95 Å². The Hall–Kier alpha value is -3.09. The zero-order valence-electron chi connectivity index (χ0n) is 20.6. The van der Waals surface area contributed by atoms with Crippen molar-refractivity contribution < 1.29 is 24.1 Å². The van der Waals surface area contributed by atoms with E-state index in [1.54, 1.807) is 33.7 Å². The van der Waals surface area contributed by atoms with Crippen LogP contribution in [0.25, 0.3) is 5.69 Å². The monoisotopic (exact) mass is 504 g/mol. The number of aromatic nitrogens is 5. The molecule has 0 aliphatic rings. The zero-order chi connectivity index (χ0) is 25.2. The van der Waals surface area contributed by atoms with Gasteiger partial charge in [-0.1, -0.05) is 19.9 Å². The Morgan fingerprint density at radius 2 is 1.69 bits per heavy atom. The summed E-state index contributed by atoms with van der Waals surface area (Å²) in [4.78, 5) is 8.83. The van der Waals surface area contributed by atoms with Crippen LogP contribution in [0.1, 0.15) is 31.4 Å². The molecular weight excluding hydrogens is 472 g/mol. The highest BCUT2D eigenvalue weighted by molar-refractivity contribution is 8.01. The van der Waals surface area contributed by atoms with E-state index in [9.17, 15) is 0 Å². The highest BCUT2D eigenvalue weighted by Gasteiger charge is 2.23. The molecule has 3 rings (SSSR count). The fraction of sp³-hybridized carbons (Fsp3) is 0.478. The maximum Gasteiger partial charge on any atom is 0.239 e. The summed E-state index contributed by atoms with van der Waals surface area (Å²) in [7, 11) is 4.80. The molecule has 0 bridgehead atoms. The molecule has 0 spiro atoms. The predicted molar refractivity (Wildman–Crippen MR) is 134 cm³/mol. The molecule has 11 nitrogen and oxygen atoms in total. The highest BCUT2D eigenvalue weighted by atomic mass is 32.2. The van der Waals surface area contributed by atoms with Gasteiger partial charge in [0, 0.05) is 17.6 Å². The third-order valence-electron chi connectivity index (χ3n) is 5.39. The summed E-state index contributed by atoms with van der Waals surface area (Å²) in [5.41, 5.74) is 0.682. The number of nitrogens with one attached hydrogen (secondary N) is 1. The van der Waals surface area contributed by atoms with Gasteiger partial charge in [0.1, 0.15) is 28.8 Å². The summed E-state index contributed by atoms with van der Waals surface area (Å²) in [5.74, 6) is 3.81. The molecule has 1 aromatic carbocycles. The third kappa shape index (κ3) is 6.53. The Morgan fingerprint density at radius 1 is 1.00 bits per heavy atom. The van der Waals surface area contributed by atoms with Gasteiger partial charge in [0.15, 0.2) is 5.75 Å². The number of aliphatic hydroxyl groups excluding tert-OH is 1. The number of methoxy groups -OCH3 is 3. The number of nitrogens with zero attached hydrogens (tertiary/aromatic N) is 5. The van der Waals surface area contributed by atoms with Crippen LogP contribution >= 0.6 is 11.9 Å². The minimum Gasteiger partial charge on any atom is -0.494 e. The molecule has 12 heteroatoms. The van der Waals surface area contributed by atoms with Crippen molar-refractivity contribution in [2.45, 2.75) is 31.4 Å². The minimum atomic E-state index is -0.0373. The van der Waals surface area contributed by atoms with Gasteiger partial charge in [-0.3, -0.25) is 9.29 Å². The van der Waals surface area contributed by atoms with Crippen LogP contribution in [0.15, 0.2) is 30.6 Å². The number of hydrogen-bond donors (Lipinski definition) is 2. The van der Waals surface area contributed by atoms with Crippen LogP contribution in [0.3, 0.4) is 0 Å². The minimum absolute atomic E-state index is 0.0373. The number of para-hydroxylation sites is 1. The summed E-state index contributed by atoms with van der Waals surface area (Å²) in [6.07, 6.45) is 3.81.